The van der Waals surface area contributed by atoms with Gasteiger partial charge in [-0.2, -0.15) is 0 Å². The van der Waals surface area contributed by atoms with Crippen molar-refractivity contribution in [1.82, 2.24) is 0 Å². The Morgan fingerprint density at radius 2 is 1.74 bits per heavy atom. The molecule has 0 N–H and O–H groups in total. The standard InChI is InChI=1S/C25H34O6/c1-24(2)9-4-10-25(3)21(24)7-8-22(25)31-23(26)19-6-5-16(27-12-17-13-28-17)11-20(19)30-15-18-14-29-18/h5-6,11,17-18,21-22H,4,7-10,12-15H2,1-3H3/t17?,18?,21-,22-,25-/m0/s1. The molecule has 2 aliphatic carbocycles. The zero-order valence-corrected chi connectivity index (χ0v) is 18.9. The highest BCUT2D eigenvalue weighted by Crippen LogP contribution is 2.60. The fraction of sp³-hybridized carbons (Fsp3) is 0.720. The van der Waals surface area contributed by atoms with Gasteiger partial charge in [-0.3, -0.25) is 0 Å². The van der Waals surface area contributed by atoms with Gasteiger partial charge in [-0.25, -0.2) is 4.79 Å². The van der Waals surface area contributed by atoms with E-state index in [1.807, 2.05) is 6.07 Å². The normalized spacial score (nSPS) is 35.2. The molecular weight excluding hydrogens is 396 g/mol. The van der Waals surface area contributed by atoms with E-state index in [0.717, 1.165) is 25.9 Å². The number of esters is 1. The summed E-state index contributed by atoms with van der Waals surface area (Å²) >= 11 is 0. The van der Waals surface area contributed by atoms with E-state index in [1.165, 1.54) is 12.8 Å². The summed E-state index contributed by atoms with van der Waals surface area (Å²) < 4.78 is 28.3. The van der Waals surface area contributed by atoms with Gasteiger partial charge < -0.3 is 23.7 Å². The minimum Gasteiger partial charge on any atom is -0.491 e. The van der Waals surface area contributed by atoms with Crippen molar-refractivity contribution in [1.29, 1.82) is 0 Å². The van der Waals surface area contributed by atoms with Gasteiger partial charge in [0.25, 0.3) is 0 Å². The zero-order chi connectivity index (χ0) is 21.6. The molecule has 170 valence electrons. The first-order chi connectivity index (χ1) is 14.8. The van der Waals surface area contributed by atoms with Crippen molar-refractivity contribution in [3.05, 3.63) is 23.8 Å². The highest BCUT2D eigenvalue weighted by Gasteiger charge is 2.55. The average molecular weight is 431 g/mol. The lowest BCUT2D eigenvalue weighted by Crippen LogP contribution is -2.44. The van der Waals surface area contributed by atoms with Gasteiger partial charge in [0.2, 0.25) is 0 Å². The molecule has 4 fully saturated rings. The molecule has 0 spiro atoms. The second kappa shape index (κ2) is 7.96. The number of fused-ring (bicyclic) bond motifs is 1. The molecule has 6 nitrogen and oxygen atoms in total. The third kappa shape index (κ3) is 4.42. The topological polar surface area (TPSA) is 69.8 Å². The van der Waals surface area contributed by atoms with Crippen LogP contribution in [0.1, 0.15) is 63.2 Å². The summed E-state index contributed by atoms with van der Waals surface area (Å²) in [7, 11) is 0. The molecule has 1 aromatic rings. The van der Waals surface area contributed by atoms with Crippen LogP contribution in [-0.4, -0.2) is 50.7 Å². The molecule has 0 radical (unpaired) electrons. The predicted molar refractivity (Wildman–Crippen MR) is 115 cm³/mol. The van der Waals surface area contributed by atoms with E-state index in [2.05, 4.69) is 20.8 Å². The number of hydrogen-bond donors (Lipinski definition) is 0. The lowest BCUT2D eigenvalue weighted by molar-refractivity contribution is -0.0549. The molecule has 1 aromatic carbocycles. The van der Waals surface area contributed by atoms with Crippen LogP contribution in [0.3, 0.4) is 0 Å². The van der Waals surface area contributed by atoms with E-state index in [1.54, 1.807) is 12.1 Å². The maximum atomic E-state index is 13.3. The molecular formula is C25H34O6. The monoisotopic (exact) mass is 430 g/mol. The first-order valence-corrected chi connectivity index (χ1v) is 11.7. The molecule has 6 heteroatoms. The number of hydrogen-bond acceptors (Lipinski definition) is 6. The Morgan fingerprint density at radius 1 is 1.03 bits per heavy atom. The van der Waals surface area contributed by atoms with Gasteiger partial charge in [-0.15, -0.1) is 0 Å². The SMILES string of the molecule is CC1(C)CCC[C@]2(C)[C@@H](OC(=O)c3ccc(OCC4CO4)cc3OCC3CO3)CC[C@@H]12. The Balaban J connectivity index is 1.31. The predicted octanol–water partition coefficient (Wildman–Crippen LogP) is 4.39. The van der Waals surface area contributed by atoms with Crippen LogP contribution in [-0.2, 0) is 14.2 Å². The van der Waals surface area contributed by atoms with Crippen LogP contribution in [0, 0.1) is 16.7 Å². The number of epoxide rings is 2. The lowest BCUT2D eigenvalue weighted by atomic mass is 9.57. The Kier molecular flexibility index (Phi) is 5.41. The lowest BCUT2D eigenvalue weighted by Gasteiger charge is -2.49. The Bertz CT molecular complexity index is 827. The number of ether oxygens (including phenoxy) is 5. The smallest absolute Gasteiger partial charge is 0.342 e. The first kappa shape index (κ1) is 21.1. The molecule has 2 unspecified atom stereocenters. The van der Waals surface area contributed by atoms with E-state index in [0.29, 0.717) is 48.2 Å². The first-order valence-electron chi connectivity index (χ1n) is 11.7. The second-order valence-corrected chi connectivity index (χ2v) is 10.6. The van der Waals surface area contributed by atoms with Crippen molar-refractivity contribution in [3.8, 4) is 11.5 Å². The molecule has 2 saturated carbocycles. The molecule has 5 atom stereocenters. The fourth-order valence-corrected chi connectivity index (χ4v) is 5.89. The summed E-state index contributed by atoms with van der Waals surface area (Å²) in [6.07, 6.45) is 5.86. The molecule has 31 heavy (non-hydrogen) atoms. The highest BCUT2D eigenvalue weighted by atomic mass is 16.6. The van der Waals surface area contributed by atoms with Crippen LogP contribution < -0.4 is 9.47 Å². The summed E-state index contributed by atoms with van der Waals surface area (Å²) in [5.74, 6) is 1.45. The number of rotatable bonds is 8. The summed E-state index contributed by atoms with van der Waals surface area (Å²) in [5, 5.41) is 0. The Hall–Kier alpha value is -1.79. The van der Waals surface area contributed by atoms with Crippen LogP contribution >= 0.6 is 0 Å². The second-order valence-electron chi connectivity index (χ2n) is 10.6. The van der Waals surface area contributed by atoms with E-state index in [-0.39, 0.29) is 29.7 Å². The van der Waals surface area contributed by atoms with Gasteiger partial charge in [-0.05, 0) is 49.1 Å². The maximum absolute atomic E-state index is 13.3. The van der Waals surface area contributed by atoms with Crippen molar-refractivity contribution >= 4 is 5.97 Å². The molecule has 2 aliphatic heterocycles. The molecule has 2 saturated heterocycles. The average Bonchev–Trinajstić information content (AvgIpc) is 3.65. The van der Waals surface area contributed by atoms with Crippen molar-refractivity contribution in [3.63, 3.8) is 0 Å². The molecule has 0 aromatic heterocycles. The molecule has 5 rings (SSSR count). The fourth-order valence-electron chi connectivity index (χ4n) is 5.89. The van der Waals surface area contributed by atoms with Gasteiger partial charge in [-0.1, -0.05) is 27.2 Å². The minimum absolute atomic E-state index is 0.0490. The largest absolute Gasteiger partial charge is 0.491 e. The highest BCUT2D eigenvalue weighted by molar-refractivity contribution is 5.93. The number of benzene rings is 1. The molecule has 0 amide bonds. The van der Waals surface area contributed by atoms with Crippen molar-refractivity contribution in [2.45, 2.75) is 71.2 Å². The summed E-state index contributed by atoms with van der Waals surface area (Å²) in [6, 6.07) is 5.35. The van der Waals surface area contributed by atoms with E-state index in [4.69, 9.17) is 23.7 Å². The minimum atomic E-state index is -0.306. The molecule has 0 bridgehead atoms. The summed E-state index contributed by atoms with van der Waals surface area (Å²) in [5.41, 5.74) is 0.808. The molecule has 2 heterocycles. The van der Waals surface area contributed by atoms with E-state index >= 15 is 0 Å². The van der Waals surface area contributed by atoms with Crippen molar-refractivity contribution in [2.24, 2.45) is 16.7 Å². The van der Waals surface area contributed by atoms with Gasteiger partial charge in [0.05, 0.1) is 13.2 Å². The van der Waals surface area contributed by atoms with Gasteiger partial charge in [0, 0.05) is 11.5 Å². The summed E-state index contributed by atoms with van der Waals surface area (Å²) in [4.78, 5) is 13.3. The third-order valence-corrected chi connectivity index (χ3v) is 7.82. The van der Waals surface area contributed by atoms with Crippen LogP contribution in [0.15, 0.2) is 18.2 Å². The van der Waals surface area contributed by atoms with E-state index < -0.39 is 0 Å². The zero-order valence-electron chi connectivity index (χ0n) is 18.9. The maximum Gasteiger partial charge on any atom is 0.342 e. The third-order valence-electron chi connectivity index (χ3n) is 7.82. The number of carbonyl (C=O) groups excluding carboxylic acids is 1. The van der Waals surface area contributed by atoms with Gasteiger partial charge in [0.15, 0.2) is 0 Å². The van der Waals surface area contributed by atoms with Gasteiger partial charge in [0.1, 0.15) is 48.6 Å². The quantitative estimate of drug-likeness (QED) is 0.450. The summed E-state index contributed by atoms with van der Waals surface area (Å²) in [6.45, 7) is 9.44. The Labute approximate surface area is 184 Å². The van der Waals surface area contributed by atoms with E-state index in [9.17, 15) is 4.79 Å². The van der Waals surface area contributed by atoms with Crippen LogP contribution in [0.2, 0.25) is 0 Å². The van der Waals surface area contributed by atoms with Crippen molar-refractivity contribution in [2.75, 3.05) is 26.4 Å². The van der Waals surface area contributed by atoms with Crippen molar-refractivity contribution < 1.29 is 28.5 Å². The Morgan fingerprint density at radius 3 is 2.45 bits per heavy atom. The van der Waals surface area contributed by atoms with Gasteiger partial charge >= 0.3 is 5.97 Å². The molecule has 4 aliphatic rings. The number of carbonyl (C=O) groups is 1. The van der Waals surface area contributed by atoms with Crippen LogP contribution in [0.25, 0.3) is 0 Å². The van der Waals surface area contributed by atoms with Crippen LogP contribution in [0.4, 0.5) is 0 Å². The van der Waals surface area contributed by atoms with Crippen LogP contribution in [0.5, 0.6) is 11.5 Å².